The molecule has 6 heteroatoms. The quantitative estimate of drug-likeness (QED) is 0.409. The molecule has 0 atom stereocenters. The zero-order chi connectivity index (χ0) is 18.6. The van der Waals surface area contributed by atoms with Crippen molar-refractivity contribution in [3.8, 4) is 5.75 Å². The SMILES string of the molecule is CN=C(NCCc1cccc(F)c1)Nc1cccc(OCCCOC)c1. The van der Waals surface area contributed by atoms with Crippen molar-refractivity contribution in [3.05, 3.63) is 59.9 Å². The molecule has 0 aliphatic rings. The van der Waals surface area contributed by atoms with Crippen LogP contribution in [0.3, 0.4) is 0 Å². The Morgan fingerprint density at radius 1 is 1.12 bits per heavy atom. The normalized spacial score (nSPS) is 11.3. The largest absolute Gasteiger partial charge is 0.493 e. The summed E-state index contributed by atoms with van der Waals surface area (Å²) in [7, 11) is 3.39. The number of hydrogen-bond acceptors (Lipinski definition) is 3. The van der Waals surface area contributed by atoms with Crippen LogP contribution < -0.4 is 15.4 Å². The average Bonchev–Trinajstić information content (AvgIpc) is 2.65. The monoisotopic (exact) mass is 359 g/mol. The molecule has 2 aromatic carbocycles. The van der Waals surface area contributed by atoms with Crippen molar-refractivity contribution in [2.45, 2.75) is 12.8 Å². The van der Waals surface area contributed by atoms with Gasteiger partial charge in [0.15, 0.2) is 5.96 Å². The van der Waals surface area contributed by atoms with Gasteiger partial charge in [0, 0.05) is 45.5 Å². The van der Waals surface area contributed by atoms with Gasteiger partial charge in [0.2, 0.25) is 0 Å². The van der Waals surface area contributed by atoms with Crippen LogP contribution in [0.15, 0.2) is 53.5 Å². The second-order valence-electron chi connectivity index (χ2n) is 5.73. The summed E-state index contributed by atoms with van der Waals surface area (Å²) < 4.78 is 23.9. The number of guanidine groups is 1. The molecule has 0 heterocycles. The Bertz CT molecular complexity index is 707. The van der Waals surface area contributed by atoms with Crippen LogP contribution in [0.4, 0.5) is 10.1 Å². The molecule has 0 aliphatic heterocycles. The maximum absolute atomic E-state index is 13.2. The number of benzene rings is 2. The number of nitrogens with zero attached hydrogens (tertiary/aromatic N) is 1. The van der Waals surface area contributed by atoms with Gasteiger partial charge in [-0.3, -0.25) is 4.99 Å². The maximum atomic E-state index is 13.2. The number of ether oxygens (including phenoxy) is 2. The summed E-state index contributed by atoms with van der Waals surface area (Å²) in [5.74, 6) is 1.23. The Hall–Kier alpha value is -2.60. The smallest absolute Gasteiger partial charge is 0.195 e. The molecular weight excluding hydrogens is 333 g/mol. The van der Waals surface area contributed by atoms with E-state index in [1.807, 2.05) is 30.3 Å². The van der Waals surface area contributed by atoms with E-state index in [0.717, 1.165) is 23.4 Å². The van der Waals surface area contributed by atoms with Crippen molar-refractivity contribution >= 4 is 11.6 Å². The van der Waals surface area contributed by atoms with Crippen LogP contribution in [0, 0.1) is 5.82 Å². The van der Waals surface area contributed by atoms with Crippen LogP contribution in [0.1, 0.15) is 12.0 Å². The first-order valence-electron chi connectivity index (χ1n) is 8.65. The summed E-state index contributed by atoms with van der Waals surface area (Å²) in [5, 5.41) is 6.45. The molecule has 0 aliphatic carbocycles. The predicted molar refractivity (Wildman–Crippen MR) is 104 cm³/mol. The molecule has 0 saturated heterocycles. The van der Waals surface area contributed by atoms with Gasteiger partial charge in [-0.1, -0.05) is 18.2 Å². The highest BCUT2D eigenvalue weighted by Crippen LogP contribution is 2.17. The van der Waals surface area contributed by atoms with Crippen molar-refractivity contribution < 1.29 is 13.9 Å². The summed E-state index contributed by atoms with van der Waals surface area (Å²) in [4.78, 5) is 4.21. The van der Waals surface area contributed by atoms with E-state index in [2.05, 4.69) is 15.6 Å². The highest BCUT2D eigenvalue weighted by Gasteiger charge is 2.02. The van der Waals surface area contributed by atoms with Crippen LogP contribution in [-0.4, -0.2) is 39.9 Å². The van der Waals surface area contributed by atoms with E-state index in [1.165, 1.54) is 6.07 Å². The molecule has 26 heavy (non-hydrogen) atoms. The molecule has 0 saturated carbocycles. The molecule has 0 bridgehead atoms. The second-order valence-corrected chi connectivity index (χ2v) is 5.73. The van der Waals surface area contributed by atoms with Gasteiger partial charge in [-0.05, 0) is 36.2 Å². The van der Waals surface area contributed by atoms with Crippen LogP contribution >= 0.6 is 0 Å². The van der Waals surface area contributed by atoms with E-state index < -0.39 is 0 Å². The third-order valence-electron chi connectivity index (χ3n) is 3.68. The van der Waals surface area contributed by atoms with Gasteiger partial charge in [-0.25, -0.2) is 4.39 Å². The lowest BCUT2D eigenvalue weighted by Gasteiger charge is -2.13. The molecule has 140 valence electrons. The Morgan fingerprint density at radius 3 is 2.73 bits per heavy atom. The summed E-state index contributed by atoms with van der Waals surface area (Å²) in [6, 6.07) is 14.3. The number of halogens is 1. The predicted octanol–water partition coefficient (Wildman–Crippen LogP) is 3.47. The van der Waals surface area contributed by atoms with Gasteiger partial charge in [-0.2, -0.15) is 0 Å². The van der Waals surface area contributed by atoms with Gasteiger partial charge in [-0.15, -0.1) is 0 Å². The minimum atomic E-state index is -0.215. The Morgan fingerprint density at radius 2 is 1.96 bits per heavy atom. The molecular formula is C20H26FN3O2. The fourth-order valence-corrected chi connectivity index (χ4v) is 2.39. The van der Waals surface area contributed by atoms with Gasteiger partial charge in [0.05, 0.1) is 6.61 Å². The van der Waals surface area contributed by atoms with Crippen molar-refractivity contribution in [2.75, 3.05) is 39.2 Å². The number of methoxy groups -OCH3 is 1. The van der Waals surface area contributed by atoms with E-state index in [9.17, 15) is 4.39 Å². The second kappa shape index (κ2) is 11.1. The van der Waals surface area contributed by atoms with E-state index in [1.54, 1.807) is 26.3 Å². The molecule has 0 fully saturated rings. The molecule has 2 N–H and O–H groups in total. The number of hydrogen-bond donors (Lipinski definition) is 2. The Labute approximate surface area is 154 Å². The topological polar surface area (TPSA) is 54.9 Å². The fourth-order valence-electron chi connectivity index (χ4n) is 2.39. The molecule has 2 rings (SSSR count). The van der Waals surface area contributed by atoms with E-state index >= 15 is 0 Å². The van der Waals surface area contributed by atoms with Crippen LogP contribution in [0.2, 0.25) is 0 Å². The van der Waals surface area contributed by atoms with Crippen molar-refractivity contribution in [1.82, 2.24) is 5.32 Å². The molecule has 0 unspecified atom stereocenters. The number of nitrogens with one attached hydrogen (secondary N) is 2. The molecule has 0 aromatic heterocycles. The first-order valence-corrected chi connectivity index (χ1v) is 8.65. The standard InChI is InChI=1S/C20H26FN3O2/c1-22-20(23-11-10-16-6-3-7-17(21)14-16)24-18-8-4-9-19(15-18)26-13-5-12-25-2/h3-4,6-9,14-15H,5,10-13H2,1-2H3,(H2,22,23,24). The van der Waals surface area contributed by atoms with Crippen LogP contribution in [-0.2, 0) is 11.2 Å². The van der Waals surface area contributed by atoms with E-state index in [0.29, 0.717) is 32.1 Å². The summed E-state index contributed by atoms with van der Waals surface area (Å²) in [6.07, 6.45) is 1.55. The van der Waals surface area contributed by atoms with Crippen molar-refractivity contribution in [3.63, 3.8) is 0 Å². The van der Waals surface area contributed by atoms with Gasteiger partial charge in [0.25, 0.3) is 0 Å². The van der Waals surface area contributed by atoms with Gasteiger partial charge >= 0.3 is 0 Å². The lowest BCUT2D eigenvalue weighted by Crippen LogP contribution is -2.32. The number of anilines is 1. The summed E-state index contributed by atoms with van der Waals surface area (Å²) in [5.41, 5.74) is 1.83. The average molecular weight is 359 g/mol. The highest BCUT2D eigenvalue weighted by molar-refractivity contribution is 5.93. The third kappa shape index (κ3) is 7.11. The zero-order valence-corrected chi connectivity index (χ0v) is 15.3. The fraction of sp³-hybridized carbons (Fsp3) is 0.350. The van der Waals surface area contributed by atoms with Crippen molar-refractivity contribution in [1.29, 1.82) is 0 Å². The van der Waals surface area contributed by atoms with Crippen molar-refractivity contribution in [2.24, 2.45) is 4.99 Å². The molecule has 2 aromatic rings. The summed E-state index contributed by atoms with van der Waals surface area (Å²) >= 11 is 0. The molecule has 0 radical (unpaired) electrons. The maximum Gasteiger partial charge on any atom is 0.195 e. The lowest BCUT2D eigenvalue weighted by atomic mass is 10.1. The van der Waals surface area contributed by atoms with Gasteiger partial charge in [0.1, 0.15) is 11.6 Å². The van der Waals surface area contributed by atoms with Crippen LogP contribution in [0.5, 0.6) is 5.75 Å². The minimum absolute atomic E-state index is 0.215. The highest BCUT2D eigenvalue weighted by atomic mass is 19.1. The number of rotatable bonds is 9. The molecule has 5 nitrogen and oxygen atoms in total. The summed E-state index contributed by atoms with van der Waals surface area (Å²) in [6.45, 7) is 1.94. The Kier molecular flexibility index (Phi) is 8.42. The Balaban J connectivity index is 1.81. The lowest BCUT2D eigenvalue weighted by molar-refractivity contribution is 0.172. The third-order valence-corrected chi connectivity index (χ3v) is 3.68. The molecule has 0 spiro atoms. The van der Waals surface area contributed by atoms with E-state index in [4.69, 9.17) is 9.47 Å². The van der Waals surface area contributed by atoms with E-state index in [-0.39, 0.29) is 5.82 Å². The zero-order valence-electron chi connectivity index (χ0n) is 15.3. The minimum Gasteiger partial charge on any atom is -0.493 e. The van der Waals surface area contributed by atoms with Gasteiger partial charge < -0.3 is 20.1 Å². The van der Waals surface area contributed by atoms with Crippen LogP contribution in [0.25, 0.3) is 0 Å². The number of aliphatic imine (C=N–C) groups is 1. The first-order chi connectivity index (χ1) is 12.7. The first kappa shape index (κ1) is 19.7. The molecule has 0 amide bonds.